The summed E-state index contributed by atoms with van der Waals surface area (Å²) in [5.41, 5.74) is -4.56. The summed E-state index contributed by atoms with van der Waals surface area (Å²) in [5.74, 6) is -2.24. The SMILES string of the molecule is CO[C@](C(=O)N[C@@H](CC(=O)OC(C)(C)C)[C@H](CO)NC(C)C)(c1ccccc1)C(F)(F)F. The predicted molar refractivity (Wildman–Crippen MR) is 113 cm³/mol. The van der Waals surface area contributed by atoms with E-state index < -0.39 is 59.9 Å². The summed E-state index contributed by atoms with van der Waals surface area (Å²) in [7, 11) is 0.791. The van der Waals surface area contributed by atoms with Crippen LogP contribution < -0.4 is 10.6 Å². The fourth-order valence-corrected chi connectivity index (χ4v) is 3.27. The molecule has 0 saturated carbocycles. The van der Waals surface area contributed by atoms with Crippen LogP contribution in [0.4, 0.5) is 13.2 Å². The van der Waals surface area contributed by atoms with Crippen molar-refractivity contribution in [1.29, 1.82) is 0 Å². The molecule has 0 aromatic heterocycles. The number of aliphatic hydroxyl groups is 1. The van der Waals surface area contributed by atoms with Crippen LogP contribution in [0.1, 0.15) is 46.6 Å². The molecule has 0 saturated heterocycles. The van der Waals surface area contributed by atoms with Gasteiger partial charge in [0.25, 0.3) is 11.5 Å². The Labute approximate surface area is 186 Å². The van der Waals surface area contributed by atoms with Crippen LogP contribution in [-0.4, -0.2) is 60.6 Å². The molecule has 1 aromatic rings. The van der Waals surface area contributed by atoms with Crippen molar-refractivity contribution >= 4 is 11.9 Å². The molecule has 182 valence electrons. The molecule has 0 spiro atoms. The molecule has 3 N–H and O–H groups in total. The summed E-state index contributed by atoms with van der Waals surface area (Å²) in [4.78, 5) is 25.5. The second-order valence-electron chi connectivity index (χ2n) is 8.73. The normalized spacial score (nSPS) is 16.2. The van der Waals surface area contributed by atoms with Gasteiger partial charge in [0.15, 0.2) is 0 Å². The molecule has 1 aromatic carbocycles. The van der Waals surface area contributed by atoms with Crippen LogP contribution in [0.25, 0.3) is 0 Å². The maximum Gasteiger partial charge on any atom is 0.430 e. The number of ether oxygens (including phenoxy) is 2. The van der Waals surface area contributed by atoms with E-state index in [0.717, 1.165) is 19.2 Å². The van der Waals surface area contributed by atoms with E-state index in [1.54, 1.807) is 34.6 Å². The summed E-state index contributed by atoms with van der Waals surface area (Å²) in [6, 6.07) is 4.20. The number of aliphatic hydroxyl groups excluding tert-OH is 1. The van der Waals surface area contributed by atoms with Crippen molar-refractivity contribution in [3.8, 4) is 0 Å². The van der Waals surface area contributed by atoms with Gasteiger partial charge in [0.2, 0.25) is 0 Å². The minimum absolute atomic E-state index is 0.186. The monoisotopic (exact) mass is 462 g/mol. The third-order valence-corrected chi connectivity index (χ3v) is 4.56. The minimum atomic E-state index is -5.11. The Hall–Kier alpha value is -2.17. The lowest BCUT2D eigenvalue weighted by atomic mass is 9.90. The third kappa shape index (κ3) is 7.18. The van der Waals surface area contributed by atoms with Crippen LogP contribution in [0, 0.1) is 0 Å². The molecule has 3 atom stereocenters. The summed E-state index contributed by atoms with van der Waals surface area (Å²) >= 11 is 0. The number of methoxy groups -OCH3 is 1. The Kier molecular flexibility index (Phi) is 9.67. The second kappa shape index (κ2) is 11.1. The Bertz CT molecular complexity index is 750. The first-order valence-corrected chi connectivity index (χ1v) is 10.2. The standard InChI is InChI=1S/C22H33F3N2O5/c1-14(2)26-17(13-28)16(12-18(29)32-20(3,4)5)27-19(30)21(31-6,22(23,24)25)15-10-8-7-9-11-15/h7-11,14,16-17,26,28H,12-13H2,1-6H3,(H,27,30)/t16-,17-,21-/m0/s1. The van der Waals surface area contributed by atoms with Crippen molar-refractivity contribution in [3.05, 3.63) is 35.9 Å². The summed E-state index contributed by atoms with van der Waals surface area (Å²) in [6.45, 7) is 7.90. The zero-order chi connectivity index (χ0) is 24.7. The first kappa shape index (κ1) is 27.9. The number of alkyl halides is 3. The van der Waals surface area contributed by atoms with Crippen LogP contribution in [0.15, 0.2) is 30.3 Å². The van der Waals surface area contributed by atoms with Gasteiger partial charge in [-0.15, -0.1) is 0 Å². The molecule has 0 aliphatic carbocycles. The van der Waals surface area contributed by atoms with Gasteiger partial charge in [0.1, 0.15) is 5.60 Å². The number of hydrogen-bond donors (Lipinski definition) is 3. The maximum atomic E-state index is 14.2. The number of esters is 1. The van der Waals surface area contributed by atoms with E-state index in [2.05, 4.69) is 10.6 Å². The highest BCUT2D eigenvalue weighted by molar-refractivity contribution is 5.88. The molecule has 1 rings (SSSR count). The molecule has 1 amide bonds. The van der Waals surface area contributed by atoms with Gasteiger partial charge < -0.3 is 25.2 Å². The molecular formula is C22H33F3N2O5. The molecule has 10 heteroatoms. The first-order valence-electron chi connectivity index (χ1n) is 10.2. The fourth-order valence-electron chi connectivity index (χ4n) is 3.27. The van der Waals surface area contributed by atoms with E-state index in [-0.39, 0.29) is 6.04 Å². The molecule has 0 radical (unpaired) electrons. The van der Waals surface area contributed by atoms with Crippen LogP contribution >= 0.6 is 0 Å². The molecule has 0 aliphatic heterocycles. The van der Waals surface area contributed by atoms with Gasteiger partial charge in [-0.05, 0) is 20.8 Å². The van der Waals surface area contributed by atoms with Gasteiger partial charge in [-0.1, -0.05) is 44.2 Å². The summed E-state index contributed by atoms with van der Waals surface area (Å²) in [5, 5.41) is 15.1. The summed E-state index contributed by atoms with van der Waals surface area (Å²) < 4.78 is 52.6. The van der Waals surface area contributed by atoms with Gasteiger partial charge in [0, 0.05) is 18.7 Å². The van der Waals surface area contributed by atoms with Crippen molar-refractivity contribution in [1.82, 2.24) is 10.6 Å². The number of amides is 1. The number of nitrogens with one attached hydrogen (secondary N) is 2. The zero-order valence-corrected chi connectivity index (χ0v) is 19.2. The lowest BCUT2D eigenvalue weighted by molar-refractivity contribution is -0.266. The molecule has 32 heavy (non-hydrogen) atoms. The number of benzene rings is 1. The second-order valence-corrected chi connectivity index (χ2v) is 8.73. The van der Waals surface area contributed by atoms with Crippen molar-refractivity contribution < 1.29 is 37.3 Å². The Morgan fingerprint density at radius 3 is 2.03 bits per heavy atom. The maximum absolute atomic E-state index is 14.2. The summed E-state index contributed by atoms with van der Waals surface area (Å²) in [6.07, 6.45) is -5.57. The van der Waals surface area contributed by atoms with Crippen LogP contribution in [0.2, 0.25) is 0 Å². The number of carbonyl (C=O) groups is 2. The Balaban J connectivity index is 3.37. The van der Waals surface area contributed by atoms with E-state index >= 15 is 0 Å². The van der Waals surface area contributed by atoms with Crippen molar-refractivity contribution in [3.63, 3.8) is 0 Å². The topological polar surface area (TPSA) is 96.9 Å². The van der Waals surface area contributed by atoms with Crippen LogP contribution in [0.3, 0.4) is 0 Å². The molecule has 0 heterocycles. The highest BCUT2D eigenvalue weighted by atomic mass is 19.4. The van der Waals surface area contributed by atoms with E-state index in [9.17, 15) is 27.9 Å². The lowest BCUT2D eigenvalue weighted by Crippen LogP contribution is -2.62. The van der Waals surface area contributed by atoms with Crippen molar-refractivity contribution in [2.45, 2.75) is 76.5 Å². The van der Waals surface area contributed by atoms with E-state index in [4.69, 9.17) is 9.47 Å². The average Bonchev–Trinajstić information content (AvgIpc) is 2.64. The largest absolute Gasteiger partial charge is 0.460 e. The lowest BCUT2D eigenvalue weighted by Gasteiger charge is -2.36. The molecule has 0 bridgehead atoms. The highest BCUT2D eigenvalue weighted by Gasteiger charge is 2.63. The van der Waals surface area contributed by atoms with Crippen LogP contribution in [0.5, 0.6) is 0 Å². The van der Waals surface area contributed by atoms with E-state index in [1.165, 1.54) is 18.2 Å². The number of carbonyl (C=O) groups excluding carboxylic acids is 2. The first-order chi connectivity index (χ1) is 14.7. The average molecular weight is 463 g/mol. The zero-order valence-electron chi connectivity index (χ0n) is 19.2. The quantitative estimate of drug-likeness (QED) is 0.463. The predicted octanol–water partition coefficient (Wildman–Crippen LogP) is 2.67. The van der Waals surface area contributed by atoms with E-state index in [1.807, 2.05) is 0 Å². The smallest absolute Gasteiger partial charge is 0.430 e. The van der Waals surface area contributed by atoms with Gasteiger partial charge in [0.05, 0.1) is 25.1 Å². The van der Waals surface area contributed by atoms with Gasteiger partial charge in [-0.2, -0.15) is 13.2 Å². The molecule has 0 aliphatic rings. The molecular weight excluding hydrogens is 429 g/mol. The minimum Gasteiger partial charge on any atom is -0.460 e. The molecule has 0 fully saturated rings. The van der Waals surface area contributed by atoms with Crippen molar-refractivity contribution in [2.75, 3.05) is 13.7 Å². The van der Waals surface area contributed by atoms with Gasteiger partial charge in [-0.3, -0.25) is 9.59 Å². The highest BCUT2D eigenvalue weighted by Crippen LogP contribution is 2.42. The molecule has 7 nitrogen and oxygen atoms in total. The number of halogens is 3. The van der Waals surface area contributed by atoms with Crippen LogP contribution in [-0.2, 0) is 24.7 Å². The third-order valence-electron chi connectivity index (χ3n) is 4.56. The number of hydrogen-bond acceptors (Lipinski definition) is 6. The Morgan fingerprint density at radius 1 is 1.06 bits per heavy atom. The fraction of sp³-hybridized carbons (Fsp3) is 0.636. The Morgan fingerprint density at radius 2 is 1.62 bits per heavy atom. The van der Waals surface area contributed by atoms with Crippen molar-refractivity contribution in [2.24, 2.45) is 0 Å². The van der Waals surface area contributed by atoms with Gasteiger partial charge >= 0.3 is 12.1 Å². The number of rotatable bonds is 10. The molecule has 0 unspecified atom stereocenters. The van der Waals surface area contributed by atoms with E-state index in [0.29, 0.717) is 0 Å². The van der Waals surface area contributed by atoms with Gasteiger partial charge in [-0.25, -0.2) is 0 Å².